The van der Waals surface area contributed by atoms with Gasteiger partial charge in [0.15, 0.2) is 0 Å². The summed E-state index contributed by atoms with van der Waals surface area (Å²) in [4.78, 5) is 48.0. The van der Waals surface area contributed by atoms with Crippen LogP contribution < -0.4 is 25.4 Å². The predicted octanol–water partition coefficient (Wildman–Crippen LogP) is 1.92. The first-order valence-electron chi connectivity index (χ1n) is 15.3. The maximum Gasteiger partial charge on any atom is 0.430 e. The van der Waals surface area contributed by atoms with Gasteiger partial charge in [-0.05, 0) is 31.0 Å². The lowest BCUT2D eigenvalue weighted by atomic mass is 9.71. The largest absolute Gasteiger partial charge is 0.542 e. The number of pyridine rings is 1. The quantitative estimate of drug-likeness (QED) is 0.275. The number of nitrogens with one attached hydrogen (secondary N) is 3. The Balaban J connectivity index is 0.000000459. The smallest absolute Gasteiger partial charge is 0.430 e. The third kappa shape index (κ3) is 13.0. The van der Waals surface area contributed by atoms with E-state index in [1.54, 1.807) is 4.90 Å². The number of fused-ring (bicyclic) bond motifs is 3. The van der Waals surface area contributed by atoms with Crippen LogP contribution in [0.25, 0.3) is 11.3 Å². The molecule has 0 radical (unpaired) electrons. The van der Waals surface area contributed by atoms with Crippen molar-refractivity contribution in [3.05, 3.63) is 54.2 Å². The number of alkyl halides is 6. The van der Waals surface area contributed by atoms with Gasteiger partial charge >= 0.3 is 12.4 Å². The Morgan fingerprint density at radius 3 is 1.85 bits per heavy atom. The summed E-state index contributed by atoms with van der Waals surface area (Å²) in [6.07, 6.45) is -2.24. The van der Waals surface area contributed by atoms with E-state index in [1.807, 2.05) is 25.1 Å². The number of piperidine rings is 3. The molecule has 3 fully saturated rings. The van der Waals surface area contributed by atoms with Crippen molar-refractivity contribution in [3.63, 3.8) is 0 Å². The molecule has 0 aliphatic carbocycles. The lowest BCUT2D eigenvalue weighted by molar-refractivity contribution is -0.918. The number of aromatic amines is 1. The van der Waals surface area contributed by atoms with Crippen LogP contribution >= 0.6 is 0 Å². The van der Waals surface area contributed by atoms with Crippen molar-refractivity contribution in [2.45, 2.75) is 83.1 Å². The van der Waals surface area contributed by atoms with E-state index in [0.717, 1.165) is 81.5 Å². The number of unbranched alkanes of at least 4 members (excludes halogenated alkanes) is 2. The molecule has 3 aliphatic rings. The zero-order valence-corrected chi connectivity index (χ0v) is 25.9. The summed E-state index contributed by atoms with van der Waals surface area (Å²) in [7, 11) is 0. The van der Waals surface area contributed by atoms with Gasteiger partial charge in [-0.2, -0.15) is 26.3 Å². The number of rotatable bonds is 11. The average molecular weight is 676 g/mol. The SMILES string of the molecule is CCC(=O)CCCCC[C@H](NC(=O)C12CC[NH+](CC1)CC2)c1cccc(-c2ccccc2)[nH+]1.O=C([O-])C(F)(F)F.O=C([O-])C(F)(F)F. The van der Waals surface area contributed by atoms with Crippen LogP contribution in [-0.2, 0) is 19.2 Å². The normalized spacial score (nSPS) is 19.3. The molecular weight excluding hydrogens is 636 g/mol. The van der Waals surface area contributed by atoms with Crippen LogP contribution in [0.5, 0.6) is 0 Å². The second-order valence-electron chi connectivity index (χ2n) is 11.5. The van der Waals surface area contributed by atoms with Crippen LogP contribution in [0.15, 0.2) is 48.5 Å². The molecule has 1 atom stereocenters. The highest BCUT2D eigenvalue weighted by molar-refractivity contribution is 5.83. The van der Waals surface area contributed by atoms with E-state index >= 15 is 0 Å². The van der Waals surface area contributed by atoms with Gasteiger partial charge in [0.05, 0.1) is 25.0 Å². The Morgan fingerprint density at radius 1 is 0.830 bits per heavy atom. The summed E-state index contributed by atoms with van der Waals surface area (Å²) in [5.74, 6) is -5.43. The van der Waals surface area contributed by atoms with Crippen LogP contribution in [-0.4, -0.2) is 55.6 Å². The maximum atomic E-state index is 13.6. The zero-order chi connectivity index (χ0) is 35.3. The van der Waals surface area contributed by atoms with Gasteiger partial charge in [-0.25, -0.2) is 4.98 Å². The highest BCUT2D eigenvalue weighted by Gasteiger charge is 2.48. The number of carboxylic acids is 2. The topological polar surface area (TPSA) is 145 Å². The number of Topliss-reactive ketones (excluding diaryl/α,β-unsaturated/α-hetero) is 1. The standard InChI is InChI=1S/C28H37N3O2.2C2HF3O2/c1-2-23(32)12-7-4-8-13-26(30-27(33)28-16-19-31(20-17-28)21-18-28)25-15-9-14-24(29-25)22-10-5-3-6-11-22;2*3-2(4,5)1(6)7/h3,5-6,9-11,14-15,26H,2,4,7-8,12-13,16-21H2,1H3,(H,30,33);2*(H,6,7)/t26-;;/m0../s1. The van der Waals surface area contributed by atoms with E-state index in [1.165, 1.54) is 0 Å². The number of aliphatic carboxylic acids is 2. The second-order valence-corrected chi connectivity index (χ2v) is 11.5. The summed E-state index contributed by atoms with van der Waals surface area (Å²) in [5, 5.41) is 21.0. The van der Waals surface area contributed by atoms with Crippen molar-refractivity contribution < 1.29 is 65.6 Å². The van der Waals surface area contributed by atoms with Gasteiger partial charge in [0.25, 0.3) is 0 Å². The minimum atomic E-state index is -5.19. The highest BCUT2D eigenvalue weighted by Crippen LogP contribution is 2.35. The van der Waals surface area contributed by atoms with Crippen molar-refractivity contribution in [2.24, 2.45) is 5.41 Å². The fourth-order valence-electron chi connectivity index (χ4n) is 5.46. The lowest BCUT2D eigenvalue weighted by Gasteiger charge is -2.44. The first-order valence-corrected chi connectivity index (χ1v) is 15.3. The Kier molecular flexibility index (Phi) is 14.8. The van der Waals surface area contributed by atoms with Crippen LogP contribution in [0.3, 0.4) is 0 Å². The predicted molar refractivity (Wildman–Crippen MR) is 152 cm³/mol. The third-order valence-corrected chi connectivity index (χ3v) is 8.24. The molecule has 47 heavy (non-hydrogen) atoms. The van der Waals surface area contributed by atoms with Crippen LogP contribution in [0.1, 0.15) is 76.4 Å². The zero-order valence-electron chi connectivity index (χ0n) is 25.9. The highest BCUT2D eigenvalue weighted by atomic mass is 19.4. The van der Waals surface area contributed by atoms with E-state index < -0.39 is 24.3 Å². The Hall–Kier alpha value is -4.01. The number of carboxylic acid groups (broad SMARTS) is 2. The van der Waals surface area contributed by atoms with Crippen LogP contribution in [0.2, 0.25) is 0 Å². The molecule has 3 N–H and O–H groups in total. The van der Waals surface area contributed by atoms with Crippen molar-refractivity contribution in [1.82, 2.24) is 5.32 Å². The first-order chi connectivity index (χ1) is 22.0. The number of amides is 1. The van der Waals surface area contributed by atoms with E-state index in [0.29, 0.717) is 18.6 Å². The fourth-order valence-corrected chi connectivity index (χ4v) is 5.46. The number of carbonyl (C=O) groups is 4. The first kappa shape index (κ1) is 39.2. The number of carbonyl (C=O) groups excluding carboxylic acids is 4. The number of halogens is 6. The van der Waals surface area contributed by atoms with Crippen LogP contribution in [0.4, 0.5) is 26.3 Å². The molecule has 260 valence electrons. The van der Waals surface area contributed by atoms with Crippen molar-refractivity contribution in [2.75, 3.05) is 19.6 Å². The number of quaternary nitrogens is 1. The summed E-state index contributed by atoms with van der Waals surface area (Å²) < 4.78 is 63.1. The molecule has 5 rings (SSSR count). The van der Waals surface area contributed by atoms with Gasteiger partial charge in [0.1, 0.15) is 23.8 Å². The number of hydrogen-bond donors (Lipinski definition) is 2. The fraction of sp³-hybridized carbons (Fsp3) is 0.531. The summed E-state index contributed by atoms with van der Waals surface area (Å²) in [6.45, 7) is 5.30. The minimum Gasteiger partial charge on any atom is -0.542 e. The molecule has 1 aromatic heterocycles. The van der Waals surface area contributed by atoms with Gasteiger partial charge in [-0.3, -0.25) is 9.59 Å². The molecule has 0 unspecified atom stereocenters. The Labute approximate surface area is 268 Å². The molecule has 4 heterocycles. The van der Waals surface area contributed by atoms with Crippen LogP contribution in [0, 0.1) is 5.41 Å². The van der Waals surface area contributed by atoms with Crippen molar-refractivity contribution >= 4 is 23.6 Å². The van der Waals surface area contributed by atoms with Gasteiger partial charge < -0.3 is 30.0 Å². The van der Waals surface area contributed by atoms with Crippen molar-refractivity contribution in [3.8, 4) is 11.3 Å². The lowest BCUT2D eigenvalue weighted by Crippen LogP contribution is -3.15. The monoisotopic (exact) mass is 675 g/mol. The summed E-state index contributed by atoms with van der Waals surface area (Å²) in [5.41, 5.74) is 3.09. The number of aromatic nitrogens is 1. The Bertz CT molecular complexity index is 1290. The minimum absolute atomic E-state index is 0.0373. The van der Waals surface area contributed by atoms with E-state index in [9.17, 15) is 35.9 Å². The molecule has 0 spiro atoms. The molecule has 3 aliphatic heterocycles. The van der Waals surface area contributed by atoms with E-state index in [4.69, 9.17) is 19.8 Å². The molecule has 1 aromatic carbocycles. The number of benzene rings is 1. The van der Waals surface area contributed by atoms with E-state index in [2.05, 4.69) is 40.6 Å². The summed E-state index contributed by atoms with van der Waals surface area (Å²) >= 11 is 0. The van der Waals surface area contributed by atoms with E-state index in [-0.39, 0.29) is 17.4 Å². The average Bonchev–Trinajstić information content (AvgIpc) is 3.05. The second kappa shape index (κ2) is 17.8. The molecule has 2 aromatic rings. The molecule has 2 bridgehead atoms. The van der Waals surface area contributed by atoms with Gasteiger partial charge in [0.2, 0.25) is 17.3 Å². The molecule has 9 nitrogen and oxygen atoms in total. The molecule has 15 heteroatoms. The summed E-state index contributed by atoms with van der Waals surface area (Å²) in [6, 6.07) is 16.5. The van der Waals surface area contributed by atoms with Gasteiger partial charge in [-0.1, -0.05) is 38.0 Å². The van der Waals surface area contributed by atoms with Gasteiger partial charge in [-0.15, -0.1) is 0 Å². The maximum absolute atomic E-state index is 13.6. The third-order valence-electron chi connectivity index (χ3n) is 8.24. The van der Waals surface area contributed by atoms with Gasteiger partial charge in [0, 0.05) is 49.8 Å². The number of hydrogen-bond acceptors (Lipinski definition) is 6. The Morgan fingerprint density at radius 2 is 1.36 bits per heavy atom. The number of ketones is 1. The number of H-pyrrole nitrogens is 1. The molecule has 1 amide bonds. The van der Waals surface area contributed by atoms with Crippen molar-refractivity contribution in [1.29, 1.82) is 0 Å². The molecule has 3 saturated heterocycles. The molecular formula is C32H39F6N3O6. The molecule has 0 saturated carbocycles.